The van der Waals surface area contributed by atoms with Gasteiger partial charge in [-0.3, -0.25) is 14.5 Å². The number of carbonyl (C=O) groups excluding carboxylic acids is 1. The van der Waals surface area contributed by atoms with Crippen molar-refractivity contribution in [3.05, 3.63) is 69.6 Å². The minimum Gasteiger partial charge on any atom is -0.493 e. The van der Waals surface area contributed by atoms with Gasteiger partial charge >= 0.3 is 0 Å². The first-order valence-electron chi connectivity index (χ1n) is 13.1. The number of hydrogen-bond donors (Lipinski definition) is 0. The quantitative estimate of drug-likeness (QED) is 0.380. The Bertz CT molecular complexity index is 1310. The predicted octanol–water partition coefficient (Wildman–Crippen LogP) is 4.25. The van der Waals surface area contributed by atoms with Crippen LogP contribution >= 0.6 is 0 Å². The first-order chi connectivity index (χ1) is 18.1. The summed E-state index contributed by atoms with van der Waals surface area (Å²) in [4.78, 5) is 31.5. The molecule has 37 heavy (non-hydrogen) atoms. The highest BCUT2D eigenvalue weighted by molar-refractivity contribution is 5.99. The van der Waals surface area contributed by atoms with Crippen LogP contribution in [-0.2, 0) is 4.74 Å². The second-order valence-corrected chi connectivity index (χ2v) is 9.49. The lowest BCUT2D eigenvalue weighted by Crippen LogP contribution is -2.38. The number of methoxy groups -OCH3 is 1. The molecule has 1 saturated heterocycles. The first kappa shape index (κ1) is 25.3. The van der Waals surface area contributed by atoms with Crippen molar-refractivity contribution in [1.82, 2.24) is 9.80 Å². The Morgan fingerprint density at radius 2 is 1.81 bits per heavy atom. The summed E-state index contributed by atoms with van der Waals surface area (Å²) >= 11 is 0. The van der Waals surface area contributed by atoms with E-state index in [0.29, 0.717) is 41.2 Å². The van der Waals surface area contributed by atoms with Crippen molar-refractivity contribution < 1.29 is 23.4 Å². The van der Waals surface area contributed by atoms with E-state index < -0.39 is 6.04 Å². The molecule has 1 fully saturated rings. The van der Waals surface area contributed by atoms with Gasteiger partial charge in [0.05, 0.1) is 43.9 Å². The second kappa shape index (κ2) is 11.4. The third-order valence-corrected chi connectivity index (χ3v) is 7.11. The normalized spacial score (nSPS) is 17.8. The van der Waals surface area contributed by atoms with Crippen LogP contribution in [0.3, 0.4) is 0 Å². The van der Waals surface area contributed by atoms with E-state index in [-0.39, 0.29) is 17.1 Å². The van der Waals surface area contributed by atoms with E-state index in [1.165, 1.54) is 0 Å². The van der Waals surface area contributed by atoms with Gasteiger partial charge in [-0.1, -0.05) is 31.5 Å². The maximum absolute atomic E-state index is 13.7. The molecular weight excluding hydrogens is 472 g/mol. The Kier molecular flexibility index (Phi) is 7.76. The van der Waals surface area contributed by atoms with Gasteiger partial charge in [0.2, 0.25) is 5.76 Å². The lowest BCUT2D eigenvalue weighted by Gasteiger charge is -2.29. The van der Waals surface area contributed by atoms with Gasteiger partial charge in [-0.15, -0.1) is 0 Å². The molecule has 5 rings (SSSR count). The van der Waals surface area contributed by atoms with Crippen LogP contribution in [0.5, 0.6) is 11.5 Å². The molecule has 8 heteroatoms. The highest BCUT2D eigenvalue weighted by atomic mass is 16.5. The predicted molar refractivity (Wildman–Crippen MR) is 141 cm³/mol. The van der Waals surface area contributed by atoms with E-state index in [0.717, 1.165) is 57.7 Å². The van der Waals surface area contributed by atoms with Gasteiger partial charge in [-0.05, 0) is 42.7 Å². The summed E-state index contributed by atoms with van der Waals surface area (Å²) < 4.78 is 23.1. The van der Waals surface area contributed by atoms with E-state index in [4.69, 9.17) is 18.6 Å². The van der Waals surface area contributed by atoms with Crippen molar-refractivity contribution in [2.75, 3.05) is 53.1 Å². The van der Waals surface area contributed by atoms with Gasteiger partial charge in [0, 0.05) is 26.2 Å². The van der Waals surface area contributed by atoms with Crippen molar-refractivity contribution in [3.63, 3.8) is 0 Å². The zero-order valence-corrected chi connectivity index (χ0v) is 21.5. The third kappa shape index (κ3) is 5.08. The molecule has 0 saturated carbocycles. The summed E-state index contributed by atoms with van der Waals surface area (Å²) in [6, 6.07) is 12.2. The Labute approximate surface area is 216 Å². The molecular formula is C29H34N2O6. The SMILES string of the molecule is CCCCOc1ccc([C@@H]2c3c(oc4ccccc4c3=O)C(=O)N2CCCN2CCOCC2)cc1OC. The molecule has 3 aromatic rings. The molecule has 2 aliphatic heterocycles. The number of ether oxygens (including phenoxy) is 3. The summed E-state index contributed by atoms with van der Waals surface area (Å²) in [5.41, 5.74) is 1.43. The van der Waals surface area contributed by atoms with E-state index in [1.807, 2.05) is 24.3 Å². The Morgan fingerprint density at radius 3 is 2.59 bits per heavy atom. The molecule has 1 aromatic heterocycles. The number of rotatable bonds is 10. The number of fused-ring (bicyclic) bond motifs is 2. The van der Waals surface area contributed by atoms with Crippen molar-refractivity contribution >= 4 is 16.9 Å². The first-order valence-corrected chi connectivity index (χ1v) is 13.1. The van der Waals surface area contributed by atoms with Crippen LogP contribution < -0.4 is 14.9 Å². The molecule has 1 amide bonds. The molecule has 196 valence electrons. The summed E-state index contributed by atoms with van der Waals surface area (Å²) in [6.45, 7) is 7.30. The molecule has 0 bridgehead atoms. The fourth-order valence-corrected chi connectivity index (χ4v) is 5.13. The van der Waals surface area contributed by atoms with Crippen molar-refractivity contribution in [3.8, 4) is 11.5 Å². The summed E-state index contributed by atoms with van der Waals surface area (Å²) in [5, 5.41) is 0.473. The maximum Gasteiger partial charge on any atom is 0.290 e. The smallest absolute Gasteiger partial charge is 0.290 e. The number of morpholine rings is 1. The number of nitrogens with zero attached hydrogens (tertiary/aromatic N) is 2. The second-order valence-electron chi connectivity index (χ2n) is 9.49. The van der Waals surface area contributed by atoms with Gasteiger partial charge in [-0.2, -0.15) is 0 Å². The number of benzene rings is 2. The number of hydrogen-bond acceptors (Lipinski definition) is 7. The fourth-order valence-electron chi connectivity index (χ4n) is 5.13. The monoisotopic (exact) mass is 506 g/mol. The van der Waals surface area contributed by atoms with Gasteiger partial charge in [-0.25, -0.2) is 0 Å². The molecule has 0 aliphatic carbocycles. The topological polar surface area (TPSA) is 81.5 Å². The lowest BCUT2D eigenvalue weighted by atomic mass is 9.98. The standard InChI is InChI=1S/C29H34N2O6/c1-3-4-16-36-23-11-10-20(19-24(23)34-2)26-25-27(32)21-8-5-6-9-22(21)37-28(25)29(33)31(26)13-7-12-30-14-17-35-18-15-30/h5-6,8-11,19,26H,3-4,7,12-18H2,1-2H3/t26-/m1/s1. The van der Waals surface area contributed by atoms with Crippen LogP contribution in [0.4, 0.5) is 0 Å². The number of carbonyl (C=O) groups is 1. The molecule has 3 heterocycles. The van der Waals surface area contributed by atoms with Gasteiger partial charge < -0.3 is 23.5 Å². The average molecular weight is 507 g/mol. The Hall–Kier alpha value is -3.36. The summed E-state index contributed by atoms with van der Waals surface area (Å²) in [6.07, 6.45) is 2.75. The molecule has 0 N–H and O–H groups in total. The van der Waals surface area contributed by atoms with E-state index in [2.05, 4.69) is 11.8 Å². The summed E-state index contributed by atoms with van der Waals surface area (Å²) in [7, 11) is 1.60. The number of para-hydroxylation sites is 1. The number of amides is 1. The molecule has 1 atom stereocenters. The average Bonchev–Trinajstić information content (AvgIpc) is 3.21. The van der Waals surface area contributed by atoms with Gasteiger partial charge in [0.25, 0.3) is 5.91 Å². The molecule has 0 unspecified atom stereocenters. The lowest BCUT2D eigenvalue weighted by molar-refractivity contribution is 0.0353. The zero-order chi connectivity index (χ0) is 25.8. The Balaban J connectivity index is 1.51. The van der Waals surface area contributed by atoms with E-state index in [1.54, 1.807) is 30.2 Å². The molecule has 0 radical (unpaired) electrons. The molecule has 2 aliphatic rings. The summed E-state index contributed by atoms with van der Waals surface area (Å²) in [5.74, 6) is 1.09. The van der Waals surface area contributed by atoms with Gasteiger partial charge in [0.15, 0.2) is 16.9 Å². The highest BCUT2D eigenvalue weighted by Gasteiger charge is 2.42. The van der Waals surface area contributed by atoms with Crippen LogP contribution in [-0.4, -0.2) is 68.8 Å². The zero-order valence-electron chi connectivity index (χ0n) is 21.5. The van der Waals surface area contributed by atoms with Crippen LogP contribution in [0.25, 0.3) is 11.0 Å². The van der Waals surface area contributed by atoms with Crippen LogP contribution in [0.2, 0.25) is 0 Å². The highest BCUT2D eigenvalue weighted by Crippen LogP contribution is 2.41. The maximum atomic E-state index is 13.7. The Morgan fingerprint density at radius 1 is 1.00 bits per heavy atom. The van der Waals surface area contributed by atoms with Gasteiger partial charge in [0.1, 0.15) is 5.58 Å². The third-order valence-electron chi connectivity index (χ3n) is 7.11. The van der Waals surface area contributed by atoms with Crippen LogP contribution in [0.1, 0.15) is 53.9 Å². The number of unbranched alkanes of at least 4 members (excludes halogenated alkanes) is 1. The largest absolute Gasteiger partial charge is 0.493 e. The minimum atomic E-state index is -0.563. The van der Waals surface area contributed by atoms with E-state index >= 15 is 0 Å². The molecule has 2 aromatic carbocycles. The van der Waals surface area contributed by atoms with Crippen LogP contribution in [0.15, 0.2) is 51.7 Å². The fraction of sp³-hybridized carbons (Fsp3) is 0.448. The molecule has 8 nitrogen and oxygen atoms in total. The minimum absolute atomic E-state index is 0.127. The van der Waals surface area contributed by atoms with E-state index in [9.17, 15) is 9.59 Å². The van der Waals surface area contributed by atoms with Crippen LogP contribution in [0, 0.1) is 0 Å². The van der Waals surface area contributed by atoms with Crippen molar-refractivity contribution in [1.29, 1.82) is 0 Å². The molecule has 0 spiro atoms. The van der Waals surface area contributed by atoms with Crippen molar-refractivity contribution in [2.24, 2.45) is 0 Å². The van der Waals surface area contributed by atoms with Crippen molar-refractivity contribution in [2.45, 2.75) is 32.2 Å².